The SMILES string of the molecule is O=C(O)c1ccc(CN2C(=O)Cc3sc(C#CCc4ccccc4)cc3S2=O)cc1. The zero-order chi connectivity index (χ0) is 21.1. The standard InChI is InChI=1S/C23H17NO4S2/c25-22-14-20-21(13-19(29-20)8-4-7-16-5-2-1-3-6-16)30(28)24(22)15-17-9-11-18(12-10-17)23(26)27/h1-3,5-6,9-13H,7,14-15H2,(H,26,27). The van der Waals surface area contributed by atoms with Gasteiger partial charge in [0, 0.05) is 11.3 Å². The highest BCUT2D eigenvalue weighted by atomic mass is 32.2. The van der Waals surface area contributed by atoms with Crippen LogP contribution in [0.3, 0.4) is 0 Å². The number of aromatic carboxylic acids is 1. The second kappa shape index (κ2) is 8.66. The van der Waals surface area contributed by atoms with Crippen molar-refractivity contribution >= 4 is 34.2 Å². The highest BCUT2D eigenvalue weighted by molar-refractivity contribution is 7.83. The molecule has 1 aliphatic rings. The van der Waals surface area contributed by atoms with Crippen molar-refractivity contribution in [1.29, 1.82) is 0 Å². The fourth-order valence-electron chi connectivity index (χ4n) is 3.08. The van der Waals surface area contributed by atoms with Gasteiger partial charge >= 0.3 is 5.97 Å². The third kappa shape index (κ3) is 4.35. The molecule has 1 N–H and O–H groups in total. The summed E-state index contributed by atoms with van der Waals surface area (Å²) in [5, 5.41) is 9.00. The molecule has 1 atom stereocenters. The number of fused-ring (bicyclic) bond motifs is 1. The van der Waals surface area contributed by atoms with E-state index in [0.29, 0.717) is 11.3 Å². The summed E-state index contributed by atoms with van der Waals surface area (Å²) in [4.78, 5) is 25.8. The molecule has 2 heterocycles. The molecule has 150 valence electrons. The van der Waals surface area contributed by atoms with Crippen LogP contribution in [0.4, 0.5) is 0 Å². The van der Waals surface area contributed by atoms with Crippen LogP contribution >= 0.6 is 11.3 Å². The maximum atomic E-state index is 13.0. The van der Waals surface area contributed by atoms with Crippen LogP contribution in [0.1, 0.15) is 31.2 Å². The van der Waals surface area contributed by atoms with Crippen molar-refractivity contribution in [3.63, 3.8) is 0 Å². The number of carbonyl (C=O) groups is 2. The Labute approximate surface area is 180 Å². The zero-order valence-electron chi connectivity index (χ0n) is 15.8. The van der Waals surface area contributed by atoms with Gasteiger partial charge in [0.1, 0.15) is 0 Å². The fraction of sp³-hybridized carbons (Fsp3) is 0.130. The van der Waals surface area contributed by atoms with E-state index in [9.17, 15) is 13.8 Å². The lowest BCUT2D eigenvalue weighted by Crippen LogP contribution is -2.37. The van der Waals surface area contributed by atoms with Crippen molar-refractivity contribution in [1.82, 2.24) is 4.31 Å². The molecule has 4 rings (SSSR count). The van der Waals surface area contributed by atoms with Crippen LogP contribution in [0.2, 0.25) is 0 Å². The largest absolute Gasteiger partial charge is 0.478 e. The van der Waals surface area contributed by atoms with E-state index in [0.717, 1.165) is 20.9 Å². The van der Waals surface area contributed by atoms with E-state index < -0.39 is 17.0 Å². The molecule has 7 heteroatoms. The molecular weight excluding hydrogens is 418 g/mol. The Morgan fingerprint density at radius 3 is 2.53 bits per heavy atom. The van der Waals surface area contributed by atoms with Gasteiger partial charge in [0.25, 0.3) is 0 Å². The quantitative estimate of drug-likeness (QED) is 0.635. The number of carbonyl (C=O) groups excluding carboxylic acids is 1. The Hall–Kier alpha value is -3.21. The molecule has 3 aromatic rings. The molecule has 1 amide bonds. The summed E-state index contributed by atoms with van der Waals surface area (Å²) in [6, 6.07) is 18.0. The molecule has 0 fully saturated rings. The highest BCUT2D eigenvalue weighted by Crippen LogP contribution is 2.32. The molecule has 2 aromatic carbocycles. The lowest BCUT2D eigenvalue weighted by atomic mass is 10.1. The Kier molecular flexibility index (Phi) is 5.79. The summed E-state index contributed by atoms with van der Waals surface area (Å²) in [6.07, 6.45) is 0.823. The molecule has 30 heavy (non-hydrogen) atoms. The highest BCUT2D eigenvalue weighted by Gasteiger charge is 2.31. The average molecular weight is 436 g/mol. The molecule has 5 nitrogen and oxygen atoms in total. The van der Waals surface area contributed by atoms with Crippen LogP contribution in [-0.4, -0.2) is 25.5 Å². The summed E-state index contributed by atoms with van der Waals surface area (Å²) in [6.45, 7) is 0.162. The predicted molar refractivity (Wildman–Crippen MR) is 115 cm³/mol. The maximum Gasteiger partial charge on any atom is 0.335 e. The molecule has 0 saturated carbocycles. The van der Waals surface area contributed by atoms with Crippen LogP contribution in [0.25, 0.3) is 0 Å². The van der Waals surface area contributed by atoms with Crippen LogP contribution in [0.15, 0.2) is 65.6 Å². The van der Waals surface area contributed by atoms with Gasteiger partial charge in [0.2, 0.25) is 5.91 Å². The second-order valence-electron chi connectivity index (χ2n) is 6.72. The number of thiophene rings is 1. The normalized spacial score (nSPS) is 15.3. The number of hydrogen-bond acceptors (Lipinski definition) is 4. The van der Waals surface area contributed by atoms with E-state index in [1.54, 1.807) is 18.2 Å². The van der Waals surface area contributed by atoms with Gasteiger partial charge in [0.15, 0.2) is 11.0 Å². The minimum atomic E-state index is -1.61. The number of hydrogen-bond donors (Lipinski definition) is 1. The van der Waals surface area contributed by atoms with Gasteiger partial charge in [-0.2, -0.15) is 0 Å². The van der Waals surface area contributed by atoms with Gasteiger partial charge in [-0.05, 0) is 29.3 Å². The van der Waals surface area contributed by atoms with E-state index in [2.05, 4.69) is 11.8 Å². The Bertz CT molecular complexity index is 1190. The van der Waals surface area contributed by atoms with Crippen LogP contribution < -0.4 is 0 Å². The Balaban J connectivity index is 1.50. The summed E-state index contributed by atoms with van der Waals surface area (Å²) in [7, 11) is -1.61. The second-order valence-corrected chi connectivity index (χ2v) is 9.24. The molecule has 0 spiro atoms. The van der Waals surface area contributed by atoms with E-state index in [1.807, 2.05) is 30.3 Å². The minimum Gasteiger partial charge on any atom is -0.478 e. The Morgan fingerprint density at radius 1 is 1.10 bits per heavy atom. The third-order valence-electron chi connectivity index (χ3n) is 4.62. The van der Waals surface area contributed by atoms with Crippen LogP contribution in [0.5, 0.6) is 0 Å². The molecule has 1 unspecified atom stereocenters. The molecule has 0 bridgehead atoms. The summed E-state index contributed by atoms with van der Waals surface area (Å²) in [5.41, 5.74) is 2.03. The summed E-state index contributed by atoms with van der Waals surface area (Å²) in [5.74, 6) is 5.02. The van der Waals surface area contributed by atoms with Crippen molar-refractivity contribution in [3.05, 3.63) is 87.1 Å². The van der Waals surface area contributed by atoms with Crippen LogP contribution in [-0.2, 0) is 35.2 Å². The minimum absolute atomic E-state index is 0.162. The van der Waals surface area contributed by atoms with Crippen molar-refractivity contribution in [3.8, 4) is 11.8 Å². The van der Waals surface area contributed by atoms with E-state index >= 15 is 0 Å². The lowest BCUT2D eigenvalue weighted by molar-refractivity contribution is -0.126. The zero-order valence-corrected chi connectivity index (χ0v) is 17.5. The number of nitrogens with zero attached hydrogens (tertiary/aromatic N) is 1. The molecule has 0 radical (unpaired) electrons. The van der Waals surface area contributed by atoms with Crippen LogP contribution in [0, 0.1) is 11.8 Å². The lowest BCUT2D eigenvalue weighted by Gasteiger charge is -2.25. The first-order valence-corrected chi connectivity index (χ1v) is 11.1. The first-order chi connectivity index (χ1) is 14.5. The maximum absolute atomic E-state index is 13.0. The van der Waals surface area contributed by atoms with Gasteiger partial charge in [-0.15, -0.1) is 11.3 Å². The smallest absolute Gasteiger partial charge is 0.335 e. The van der Waals surface area contributed by atoms with Gasteiger partial charge in [-0.1, -0.05) is 54.3 Å². The van der Waals surface area contributed by atoms with Gasteiger partial charge < -0.3 is 5.11 Å². The number of carboxylic acid groups (broad SMARTS) is 1. The van der Waals surface area contributed by atoms with Crippen molar-refractivity contribution < 1.29 is 18.9 Å². The topological polar surface area (TPSA) is 74.7 Å². The molecule has 1 aliphatic heterocycles. The third-order valence-corrected chi connectivity index (χ3v) is 7.28. The van der Waals surface area contributed by atoms with E-state index in [1.165, 1.54) is 27.8 Å². The number of amides is 1. The fourth-order valence-corrected chi connectivity index (χ4v) is 5.65. The summed E-state index contributed by atoms with van der Waals surface area (Å²) >= 11 is 1.41. The van der Waals surface area contributed by atoms with Gasteiger partial charge in [-0.25, -0.2) is 9.00 Å². The Morgan fingerprint density at radius 2 is 1.83 bits per heavy atom. The first-order valence-electron chi connectivity index (χ1n) is 9.21. The van der Waals surface area contributed by atoms with Crippen molar-refractivity contribution in [2.75, 3.05) is 0 Å². The van der Waals surface area contributed by atoms with E-state index in [4.69, 9.17) is 5.11 Å². The van der Waals surface area contributed by atoms with Gasteiger partial charge in [0.05, 0.1) is 28.3 Å². The predicted octanol–water partition coefficient (Wildman–Crippen LogP) is 3.65. The average Bonchev–Trinajstić information content (AvgIpc) is 3.15. The molecule has 0 aliphatic carbocycles. The molecule has 1 aromatic heterocycles. The summed E-state index contributed by atoms with van der Waals surface area (Å²) < 4.78 is 14.3. The molecular formula is C23H17NO4S2. The van der Waals surface area contributed by atoms with Gasteiger partial charge in [-0.3, -0.25) is 9.10 Å². The van der Waals surface area contributed by atoms with Crippen molar-refractivity contribution in [2.45, 2.75) is 24.3 Å². The monoisotopic (exact) mass is 435 g/mol. The number of benzene rings is 2. The molecule has 0 saturated heterocycles. The van der Waals surface area contributed by atoms with Crippen molar-refractivity contribution in [2.24, 2.45) is 0 Å². The number of rotatable bonds is 4. The number of carboxylic acids is 1. The van der Waals surface area contributed by atoms with E-state index in [-0.39, 0.29) is 24.4 Å². The first kappa shape index (κ1) is 20.1.